The maximum atomic E-state index is 13.1. The van der Waals surface area contributed by atoms with Gasteiger partial charge in [0.15, 0.2) is 0 Å². The third-order valence-corrected chi connectivity index (χ3v) is 6.19. The van der Waals surface area contributed by atoms with Crippen LogP contribution < -0.4 is 5.32 Å². The van der Waals surface area contributed by atoms with Gasteiger partial charge in [0, 0.05) is 25.2 Å². The molecule has 1 heterocycles. The van der Waals surface area contributed by atoms with Gasteiger partial charge < -0.3 is 25.2 Å². The first-order valence-electron chi connectivity index (χ1n) is 12.3. The van der Waals surface area contributed by atoms with Gasteiger partial charge >= 0.3 is 5.97 Å². The fraction of sp³-hybridized carbons (Fsp3) is 0.500. The fourth-order valence-electron chi connectivity index (χ4n) is 4.36. The minimum Gasteiger partial charge on any atom is -0.508 e. The van der Waals surface area contributed by atoms with Crippen LogP contribution in [0.5, 0.6) is 11.5 Å². The van der Waals surface area contributed by atoms with Crippen molar-refractivity contribution in [3.8, 4) is 11.5 Å². The molecule has 0 aliphatic carbocycles. The van der Waals surface area contributed by atoms with Crippen molar-refractivity contribution in [1.82, 2.24) is 10.2 Å². The molecular formula is C28H38N2O5. The van der Waals surface area contributed by atoms with Gasteiger partial charge in [-0.1, -0.05) is 44.2 Å². The number of ether oxygens (including phenoxy) is 1. The molecule has 35 heavy (non-hydrogen) atoms. The lowest BCUT2D eigenvalue weighted by Gasteiger charge is -2.35. The molecule has 1 aliphatic rings. The molecule has 7 heteroatoms. The summed E-state index contributed by atoms with van der Waals surface area (Å²) >= 11 is 0. The SMILES string of the molecule is CC(C)c1cc(C(=O)N2CCC(N[C@@H](Cc3ccccc3)C(=O)OC(C)(C)C)CC2)c(O)cc1O. The summed E-state index contributed by atoms with van der Waals surface area (Å²) in [4.78, 5) is 27.8. The first-order valence-corrected chi connectivity index (χ1v) is 12.3. The predicted molar refractivity (Wildman–Crippen MR) is 136 cm³/mol. The highest BCUT2D eigenvalue weighted by Gasteiger charge is 2.31. The Kier molecular flexibility index (Phi) is 8.43. The Bertz CT molecular complexity index is 1020. The first-order chi connectivity index (χ1) is 16.4. The second-order valence-electron chi connectivity index (χ2n) is 10.6. The van der Waals surface area contributed by atoms with E-state index in [1.54, 1.807) is 11.0 Å². The van der Waals surface area contributed by atoms with Crippen molar-refractivity contribution < 1.29 is 24.5 Å². The van der Waals surface area contributed by atoms with Crippen LogP contribution in [-0.4, -0.2) is 57.8 Å². The van der Waals surface area contributed by atoms with Crippen LogP contribution in [0.1, 0.15) is 74.9 Å². The quantitative estimate of drug-likeness (QED) is 0.507. The molecule has 0 radical (unpaired) electrons. The van der Waals surface area contributed by atoms with E-state index in [1.165, 1.54) is 6.07 Å². The molecule has 190 valence electrons. The van der Waals surface area contributed by atoms with E-state index in [2.05, 4.69) is 5.32 Å². The van der Waals surface area contributed by atoms with Gasteiger partial charge in [-0.25, -0.2) is 0 Å². The molecule has 1 fully saturated rings. The summed E-state index contributed by atoms with van der Waals surface area (Å²) in [5.74, 6) is -0.744. The van der Waals surface area contributed by atoms with Crippen LogP contribution in [0.15, 0.2) is 42.5 Å². The van der Waals surface area contributed by atoms with Crippen molar-refractivity contribution in [2.24, 2.45) is 0 Å². The molecule has 3 rings (SSSR count). The monoisotopic (exact) mass is 482 g/mol. The van der Waals surface area contributed by atoms with Gasteiger partial charge in [0.1, 0.15) is 23.1 Å². The molecule has 1 aliphatic heterocycles. The van der Waals surface area contributed by atoms with Crippen molar-refractivity contribution in [3.63, 3.8) is 0 Å². The van der Waals surface area contributed by atoms with Gasteiger partial charge in [-0.15, -0.1) is 0 Å². The zero-order chi connectivity index (χ0) is 25.8. The van der Waals surface area contributed by atoms with Crippen LogP contribution in [-0.2, 0) is 16.0 Å². The standard InChI is InChI=1S/C28H38N2O5/c1-18(2)21-16-22(25(32)17-24(21)31)26(33)30-13-11-20(12-14-30)29-23(27(34)35-28(3,4)5)15-19-9-7-6-8-10-19/h6-10,16-18,20,23,29,31-32H,11-15H2,1-5H3/t23-/m0/s1. The van der Waals surface area contributed by atoms with E-state index in [-0.39, 0.29) is 40.9 Å². The van der Waals surface area contributed by atoms with Crippen molar-refractivity contribution in [2.75, 3.05) is 13.1 Å². The molecule has 0 aromatic heterocycles. The third-order valence-electron chi connectivity index (χ3n) is 6.19. The first kappa shape index (κ1) is 26.5. The predicted octanol–water partition coefficient (Wildman–Crippen LogP) is 4.37. The Morgan fingerprint density at radius 1 is 1.06 bits per heavy atom. The van der Waals surface area contributed by atoms with Crippen molar-refractivity contribution in [3.05, 3.63) is 59.2 Å². The summed E-state index contributed by atoms with van der Waals surface area (Å²) in [6, 6.07) is 12.2. The number of rotatable bonds is 7. The lowest BCUT2D eigenvalue weighted by atomic mass is 9.97. The normalized spacial score (nSPS) is 15.8. The number of hydrogen-bond donors (Lipinski definition) is 3. The number of piperidine rings is 1. The summed E-state index contributed by atoms with van der Waals surface area (Å²) in [5, 5.41) is 23.9. The Hall–Kier alpha value is -3.06. The molecule has 1 atom stereocenters. The molecule has 7 nitrogen and oxygen atoms in total. The highest BCUT2D eigenvalue weighted by Crippen LogP contribution is 2.33. The van der Waals surface area contributed by atoms with Gasteiger partial charge in [-0.3, -0.25) is 9.59 Å². The highest BCUT2D eigenvalue weighted by atomic mass is 16.6. The molecule has 1 amide bonds. The molecule has 0 spiro atoms. The zero-order valence-electron chi connectivity index (χ0n) is 21.4. The van der Waals surface area contributed by atoms with E-state index in [1.807, 2.05) is 65.0 Å². The van der Waals surface area contributed by atoms with Crippen molar-refractivity contribution >= 4 is 11.9 Å². The summed E-state index contributed by atoms with van der Waals surface area (Å²) in [7, 11) is 0. The number of carbonyl (C=O) groups excluding carboxylic acids is 2. The number of phenolic OH excluding ortho intramolecular Hbond substituents is 2. The number of phenols is 2. The van der Waals surface area contributed by atoms with E-state index in [4.69, 9.17) is 4.74 Å². The van der Waals surface area contributed by atoms with Crippen LogP contribution in [0.2, 0.25) is 0 Å². The smallest absolute Gasteiger partial charge is 0.324 e. The van der Waals surface area contributed by atoms with E-state index in [9.17, 15) is 19.8 Å². The number of hydrogen-bond acceptors (Lipinski definition) is 6. The van der Waals surface area contributed by atoms with Gasteiger partial charge in [-0.05, 0) is 63.1 Å². The summed E-state index contributed by atoms with van der Waals surface area (Å²) in [6.45, 7) is 10.4. The van der Waals surface area contributed by atoms with Crippen LogP contribution in [0.4, 0.5) is 0 Å². The van der Waals surface area contributed by atoms with Gasteiger partial charge in [-0.2, -0.15) is 0 Å². The number of nitrogens with zero attached hydrogens (tertiary/aromatic N) is 1. The molecule has 0 saturated carbocycles. The highest BCUT2D eigenvalue weighted by molar-refractivity contribution is 5.97. The number of carbonyl (C=O) groups is 2. The average molecular weight is 483 g/mol. The Morgan fingerprint density at radius 3 is 2.26 bits per heavy atom. The maximum Gasteiger partial charge on any atom is 0.324 e. The van der Waals surface area contributed by atoms with Crippen molar-refractivity contribution in [1.29, 1.82) is 0 Å². The van der Waals surface area contributed by atoms with Gasteiger partial charge in [0.05, 0.1) is 5.56 Å². The van der Waals surface area contributed by atoms with E-state index < -0.39 is 11.6 Å². The van der Waals surface area contributed by atoms with E-state index >= 15 is 0 Å². The van der Waals surface area contributed by atoms with Crippen LogP contribution in [0.3, 0.4) is 0 Å². The largest absolute Gasteiger partial charge is 0.508 e. The minimum atomic E-state index is -0.579. The number of likely N-dealkylation sites (tertiary alicyclic amines) is 1. The number of benzene rings is 2. The minimum absolute atomic E-state index is 0.0106. The van der Waals surface area contributed by atoms with E-state index in [0.717, 1.165) is 5.56 Å². The number of nitrogens with one attached hydrogen (secondary N) is 1. The molecule has 1 saturated heterocycles. The molecule has 2 aromatic carbocycles. The van der Waals surface area contributed by atoms with E-state index in [0.29, 0.717) is 37.9 Å². The van der Waals surface area contributed by atoms with Gasteiger partial charge in [0.2, 0.25) is 0 Å². The average Bonchev–Trinajstić information content (AvgIpc) is 2.78. The Labute approximate surface area is 208 Å². The lowest BCUT2D eigenvalue weighted by molar-refractivity contribution is -0.157. The Morgan fingerprint density at radius 2 is 1.69 bits per heavy atom. The van der Waals surface area contributed by atoms with Crippen molar-refractivity contribution in [2.45, 2.75) is 77.5 Å². The fourth-order valence-corrected chi connectivity index (χ4v) is 4.36. The molecule has 3 N–H and O–H groups in total. The molecular weight excluding hydrogens is 444 g/mol. The van der Waals surface area contributed by atoms with Crippen LogP contribution in [0.25, 0.3) is 0 Å². The second kappa shape index (κ2) is 11.1. The van der Waals surface area contributed by atoms with Crippen LogP contribution in [0, 0.1) is 0 Å². The molecule has 0 bridgehead atoms. The summed E-state index contributed by atoms with van der Waals surface area (Å²) < 4.78 is 5.67. The Balaban J connectivity index is 1.66. The second-order valence-corrected chi connectivity index (χ2v) is 10.6. The number of esters is 1. The topological polar surface area (TPSA) is 99.1 Å². The summed E-state index contributed by atoms with van der Waals surface area (Å²) in [6.07, 6.45) is 1.87. The molecule has 0 unspecified atom stereocenters. The van der Waals surface area contributed by atoms with Gasteiger partial charge in [0.25, 0.3) is 5.91 Å². The molecule has 2 aromatic rings. The lowest BCUT2D eigenvalue weighted by Crippen LogP contribution is -2.51. The zero-order valence-corrected chi connectivity index (χ0v) is 21.4. The number of aromatic hydroxyl groups is 2. The number of amides is 1. The summed E-state index contributed by atoms with van der Waals surface area (Å²) in [5.41, 5.74) is 1.30. The van der Waals surface area contributed by atoms with Crippen LogP contribution >= 0.6 is 0 Å². The maximum absolute atomic E-state index is 13.1. The third kappa shape index (κ3) is 7.21.